The number of morpholine rings is 1. The van der Waals surface area contributed by atoms with Crippen LogP contribution in [-0.4, -0.2) is 62.1 Å². The van der Waals surface area contributed by atoms with Gasteiger partial charge in [0, 0.05) is 25.7 Å². The number of amides is 2. The lowest BCUT2D eigenvalue weighted by Gasteiger charge is -2.36. The predicted octanol–water partition coefficient (Wildman–Crippen LogP) is 1.97. The Hall–Kier alpha value is -2.44. The standard InChI is InChI=1S/C23H31N3O3/c1-17(2)21(26-10-12-29-13-11-26)15-24-23(28)16-25-22(27)14-19-8-5-7-18-6-3-4-9-20(18)19/h3-9,17,21H,10-16H2,1-2H3,(H,24,28)(H,25,27). The van der Waals surface area contributed by atoms with Crippen molar-refractivity contribution >= 4 is 22.6 Å². The van der Waals surface area contributed by atoms with Crippen LogP contribution in [-0.2, 0) is 20.7 Å². The van der Waals surface area contributed by atoms with E-state index in [1.807, 2.05) is 42.5 Å². The number of nitrogens with one attached hydrogen (secondary N) is 2. The van der Waals surface area contributed by atoms with Crippen LogP contribution in [0.1, 0.15) is 19.4 Å². The highest BCUT2D eigenvalue weighted by Gasteiger charge is 2.24. The molecule has 1 aliphatic rings. The molecule has 0 radical (unpaired) electrons. The van der Waals surface area contributed by atoms with E-state index in [0.717, 1.165) is 42.6 Å². The quantitative estimate of drug-likeness (QED) is 0.715. The number of carbonyl (C=O) groups excluding carboxylic acids is 2. The maximum absolute atomic E-state index is 12.3. The number of nitrogens with zero attached hydrogens (tertiary/aromatic N) is 1. The van der Waals surface area contributed by atoms with Gasteiger partial charge < -0.3 is 15.4 Å². The molecule has 1 aliphatic heterocycles. The lowest BCUT2D eigenvalue weighted by molar-refractivity contribution is -0.126. The maximum atomic E-state index is 12.3. The van der Waals surface area contributed by atoms with Gasteiger partial charge in [0.2, 0.25) is 11.8 Å². The van der Waals surface area contributed by atoms with Crippen molar-refractivity contribution in [2.75, 3.05) is 39.4 Å². The van der Waals surface area contributed by atoms with Gasteiger partial charge in [-0.1, -0.05) is 56.3 Å². The smallest absolute Gasteiger partial charge is 0.239 e. The minimum atomic E-state index is -0.157. The molecule has 1 saturated heterocycles. The van der Waals surface area contributed by atoms with Crippen LogP contribution in [0, 0.1) is 5.92 Å². The Morgan fingerprint density at radius 3 is 2.48 bits per heavy atom. The van der Waals surface area contributed by atoms with E-state index in [2.05, 4.69) is 29.4 Å². The fourth-order valence-corrected chi connectivity index (χ4v) is 3.84. The normalized spacial score (nSPS) is 16.0. The molecule has 29 heavy (non-hydrogen) atoms. The molecule has 0 aromatic heterocycles. The van der Waals surface area contributed by atoms with Crippen molar-refractivity contribution in [1.29, 1.82) is 0 Å². The van der Waals surface area contributed by atoms with Gasteiger partial charge in [0.1, 0.15) is 0 Å². The van der Waals surface area contributed by atoms with E-state index in [0.29, 0.717) is 12.5 Å². The number of ether oxygens (including phenoxy) is 1. The molecule has 2 aromatic carbocycles. The Kier molecular flexibility index (Phi) is 7.61. The molecule has 1 atom stereocenters. The summed E-state index contributed by atoms with van der Waals surface area (Å²) in [5.41, 5.74) is 0.966. The van der Waals surface area contributed by atoms with Crippen LogP contribution in [0.15, 0.2) is 42.5 Å². The molecule has 2 aromatic rings. The summed E-state index contributed by atoms with van der Waals surface area (Å²) in [6, 6.07) is 14.2. The van der Waals surface area contributed by atoms with E-state index in [4.69, 9.17) is 4.74 Å². The molecule has 1 unspecified atom stereocenters. The Balaban J connectivity index is 1.46. The molecule has 0 spiro atoms. The third kappa shape index (κ3) is 6.02. The van der Waals surface area contributed by atoms with E-state index in [1.165, 1.54) is 0 Å². The fourth-order valence-electron chi connectivity index (χ4n) is 3.84. The first-order valence-electron chi connectivity index (χ1n) is 10.4. The Morgan fingerprint density at radius 1 is 1.00 bits per heavy atom. The number of hydrogen-bond acceptors (Lipinski definition) is 4. The number of hydrogen-bond donors (Lipinski definition) is 2. The second-order valence-corrected chi connectivity index (χ2v) is 7.86. The Labute approximate surface area is 172 Å². The van der Waals surface area contributed by atoms with Crippen molar-refractivity contribution < 1.29 is 14.3 Å². The fraction of sp³-hybridized carbons (Fsp3) is 0.478. The van der Waals surface area contributed by atoms with Gasteiger partial charge in [-0.2, -0.15) is 0 Å². The zero-order valence-corrected chi connectivity index (χ0v) is 17.3. The lowest BCUT2D eigenvalue weighted by Crippen LogP contribution is -2.52. The first-order chi connectivity index (χ1) is 14.0. The molecule has 1 fully saturated rings. The third-order valence-electron chi connectivity index (χ3n) is 5.47. The Bertz CT molecular complexity index is 826. The topological polar surface area (TPSA) is 70.7 Å². The summed E-state index contributed by atoms with van der Waals surface area (Å²) in [5.74, 6) is 0.120. The van der Waals surface area contributed by atoms with Crippen molar-refractivity contribution in [3.63, 3.8) is 0 Å². The lowest BCUT2D eigenvalue weighted by atomic mass is 10.0. The van der Waals surface area contributed by atoms with Crippen molar-refractivity contribution in [2.24, 2.45) is 5.92 Å². The minimum Gasteiger partial charge on any atom is -0.379 e. The number of benzene rings is 2. The summed E-state index contributed by atoms with van der Waals surface area (Å²) in [5, 5.41) is 7.90. The molecule has 6 heteroatoms. The van der Waals surface area contributed by atoms with E-state index in [1.54, 1.807) is 0 Å². The predicted molar refractivity (Wildman–Crippen MR) is 115 cm³/mol. The summed E-state index contributed by atoms with van der Waals surface area (Å²) in [7, 11) is 0. The van der Waals surface area contributed by atoms with Crippen molar-refractivity contribution in [1.82, 2.24) is 15.5 Å². The summed E-state index contributed by atoms with van der Waals surface area (Å²) in [6.07, 6.45) is 0.261. The highest BCUT2D eigenvalue weighted by molar-refractivity contribution is 5.91. The van der Waals surface area contributed by atoms with Crippen LogP contribution in [0.2, 0.25) is 0 Å². The van der Waals surface area contributed by atoms with E-state index in [-0.39, 0.29) is 30.8 Å². The molecule has 0 bridgehead atoms. The molecule has 0 aliphatic carbocycles. The summed E-state index contributed by atoms with van der Waals surface area (Å²) >= 11 is 0. The molecule has 2 amide bonds. The third-order valence-corrected chi connectivity index (χ3v) is 5.47. The van der Waals surface area contributed by atoms with E-state index >= 15 is 0 Å². The van der Waals surface area contributed by atoms with E-state index in [9.17, 15) is 9.59 Å². The SMILES string of the molecule is CC(C)C(CNC(=O)CNC(=O)Cc1cccc2ccccc12)N1CCOCC1. The van der Waals surface area contributed by atoms with Crippen LogP contribution < -0.4 is 10.6 Å². The molecular weight excluding hydrogens is 366 g/mol. The first-order valence-corrected chi connectivity index (χ1v) is 10.4. The molecular formula is C23H31N3O3. The monoisotopic (exact) mass is 397 g/mol. The molecule has 1 heterocycles. The number of rotatable bonds is 8. The molecule has 0 saturated carbocycles. The van der Waals surface area contributed by atoms with Crippen LogP contribution in [0.25, 0.3) is 10.8 Å². The van der Waals surface area contributed by atoms with Gasteiger partial charge in [0.15, 0.2) is 0 Å². The van der Waals surface area contributed by atoms with E-state index < -0.39 is 0 Å². The van der Waals surface area contributed by atoms with Crippen LogP contribution in [0.3, 0.4) is 0 Å². The molecule has 3 rings (SSSR count). The van der Waals surface area contributed by atoms with Crippen molar-refractivity contribution in [3.8, 4) is 0 Å². The maximum Gasteiger partial charge on any atom is 0.239 e. The van der Waals surface area contributed by atoms with Crippen LogP contribution in [0.4, 0.5) is 0 Å². The Morgan fingerprint density at radius 2 is 1.72 bits per heavy atom. The zero-order valence-electron chi connectivity index (χ0n) is 17.3. The largest absolute Gasteiger partial charge is 0.379 e. The van der Waals surface area contributed by atoms with Gasteiger partial charge in [-0.25, -0.2) is 0 Å². The second kappa shape index (κ2) is 10.4. The summed E-state index contributed by atoms with van der Waals surface area (Å²) in [4.78, 5) is 27.0. The average Bonchev–Trinajstić information content (AvgIpc) is 2.73. The summed E-state index contributed by atoms with van der Waals surface area (Å²) in [6.45, 7) is 8.16. The number of carbonyl (C=O) groups is 2. The van der Waals surface area contributed by atoms with Gasteiger partial charge in [-0.3, -0.25) is 14.5 Å². The van der Waals surface area contributed by atoms with Crippen LogP contribution >= 0.6 is 0 Å². The van der Waals surface area contributed by atoms with Crippen molar-refractivity contribution in [2.45, 2.75) is 26.3 Å². The van der Waals surface area contributed by atoms with Gasteiger partial charge in [0.05, 0.1) is 26.2 Å². The van der Waals surface area contributed by atoms with Gasteiger partial charge in [0.25, 0.3) is 0 Å². The highest BCUT2D eigenvalue weighted by atomic mass is 16.5. The summed E-state index contributed by atoms with van der Waals surface area (Å²) < 4.78 is 5.42. The average molecular weight is 398 g/mol. The minimum absolute atomic E-state index is 0.00245. The van der Waals surface area contributed by atoms with Crippen molar-refractivity contribution in [3.05, 3.63) is 48.0 Å². The van der Waals surface area contributed by atoms with Gasteiger partial charge in [-0.15, -0.1) is 0 Å². The first kappa shape index (κ1) is 21.3. The van der Waals surface area contributed by atoms with Gasteiger partial charge >= 0.3 is 0 Å². The second-order valence-electron chi connectivity index (χ2n) is 7.86. The molecule has 156 valence electrons. The number of fused-ring (bicyclic) bond motifs is 1. The molecule has 6 nitrogen and oxygen atoms in total. The van der Waals surface area contributed by atoms with Gasteiger partial charge in [-0.05, 0) is 22.3 Å². The highest BCUT2D eigenvalue weighted by Crippen LogP contribution is 2.18. The van der Waals surface area contributed by atoms with Crippen LogP contribution in [0.5, 0.6) is 0 Å². The molecule has 2 N–H and O–H groups in total. The zero-order chi connectivity index (χ0) is 20.6.